The van der Waals surface area contributed by atoms with Crippen LogP contribution in [0.3, 0.4) is 0 Å². The summed E-state index contributed by atoms with van der Waals surface area (Å²) in [6.45, 7) is 0. The summed E-state index contributed by atoms with van der Waals surface area (Å²) >= 11 is 11.4. The standard InChI is InChI=1S/C8H4Cl2N2O3.Na/c9-5-2-1-4(3-6(5)10)12-7(13)11-15-8(12)14;/h1-3H,(H,11,13);/q;+1/p-1. The summed E-state index contributed by atoms with van der Waals surface area (Å²) in [7, 11) is 0. The molecule has 5 nitrogen and oxygen atoms in total. The van der Waals surface area contributed by atoms with Crippen molar-refractivity contribution in [3.8, 4) is 5.69 Å². The van der Waals surface area contributed by atoms with E-state index in [1.807, 2.05) is 0 Å². The molecule has 0 radical (unpaired) electrons. The fourth-order valence-electron chi connectivity index (χ4n) is 1.08. The first-order chi connectivity index (χ1) is 7.09. The van der Waals surface area contributed by atoms with Gasteiger partial charge in [-0.2, -0.15) is 0 Å². The van der Waals surface area contributed by atoms with Gasteiger partial charge in [0.25, 0.3) is 0 Å². The molecule has 1 aromatic carbocycles. The van der Waals surface area contributed by atoms with Crippen molar-refractivity contribution in [1.82, 2.24) is 9.72 Å². The Balaban J connectivity index is 0.00000128. The van der Waals surface area contributed by atoms with E-state index in [1.54, 1.807) is 0 Å². The molecule has 16 heavy (non-hydrogen) atoms. The van der Waals surface area contributed by atoms with E-state index in [2.05, 4.69) is 9.68 Å². The summed E-state index contributed by atoms with van der Waals surface area (Å²) in [6, 6.07) is 4.32. The summed E-state index contributed by atoms with van der Waals surface area (Å²) in [6.07, 6.45) is 0. The van der Waals surface area contributed by atoms with Crippen LogP contribution in [0.1, 0.15) is 0 Å². The van der Waals surface area contributed by atoms with Gasteiger partial charge in [-0.1, -0.05) is 29.3 Å². The summed E-state index contributed by atoms with van der Waals surface area (Å²) in [4.78, 5) is 22.2. The average Bonchev–Trinajstić information content (AvgIpc) is 2.52. The molecular weight excluding hydrogens is 266 g/mol. The van der Waals surface area contributed by atoms with Gasteiger partial charge in [0.2, 0.25) is 0 Å². The van der Waals surface area contributed by atoms with Crippen LogP contribution in [0.5, 0.6) is 0 Å². The molecule has 0 saturated carbocycles. The monoisotopic (exact) mass is 268 g/mol. The quantitative estimate of drug-likeness (QED) is 0.565. The second kappa shape index (κ2) is 5.25. The number of benzene rings is 1. The Morgan fingerprint density at radius 1 is 1.19 bits per heavy atom. The van der Waals surface area contributed by atoms with Crippen molar-refractivity contribution >= 4 is 23.2 Å². The van der Waals surface area contributed by atoms with Gasteiger partial charge in [0.05, 0.1) is 10.0 Å². The van der Waals surface area contributed by atoms with Gasteiger partial charge in [-0.15, -0.1) is 0 Å². The normalized spacial score (nSPS) is 9.88. The smallest absolute Gasteiger partial charge is 0.419 e. The third-order valence-electron chi connectivity index (χ3n) is 1.74. The van der Waals surface area contributed by atoms with Crippen LogP contribution in [0.2, 0.25) is 10.0 Å². The van der Waals surface area contributed by atoms with E-state index in [9.17, 15) is 9.59 Å². The minimum atomic E-state index is -0.863. The van der Waals surface area contributed by atoms with Crippen LogP contribution < -0.4 is 46.2 Å². The molecule has 0 amide bonds. The predicted molar refractivity (Wildman–Crippen MR) is 53.9 cm³/mol. The van der Waals surface area contributed by atoms with Crippen molar-refractivity contribution in [2.45, 2.75) is 0 Å². The van der Waals surface area contributed by atoms with Crippen LogP contribution in [-0.2, 0) is 0 Å². The number of nitrogens with zero attached hydrogens (tertiary/aromatic N) is 2. The average molecular weight is 269 g/mol. The summed E-state index contributed by atoms with van der Waals surface area (Å²) in [5.74, 6) is -0.863. The zero-order chi connectivity index (χ0) is 11.0. The molecule has 0 aliphatic rings. The predicted octanol–water partition coefficient (Wildman–Crippen LogP) is -1.94. The van der Waals surface area contributed by atoms with E-state index in [4.69, 9.17) is 23.2 Å². The Bertz CT molecular complexity index is 589. The second-order valence-electron chi connectivity index (χ2n) is 2.66. The summed E-state index contributed by atoms with van der Waals surface area (Å²) < 4.78 is 4.94. The fraction of sp³-hybridized carbons (Fsp3) is 0. The molecule has 78 valence electrons. The SMILES string of the molecule is O=c1[n-]oc(=O)n1-c1ccc(Cl)c(Cl)c1.[Na+]. The number of hydrogen-bond donors (Lipinski definition) is 0. The molecule has 0 aliphatic carbocycles. The van der Waals surface area contributed by atoms with E-state index in [0.29, 0.717) is 5.02 Å². The molecular formula is C8H3Cl2N2NaO3. The molecule has 1 aromatic heterocycles. The Morgan fingerprint density at radius 3 is 2.38 bits per heavy atom. The van der Waals surface area contributed by atoms with Gasteiger partial charge < -0.3 is 9.09 Å². The van der Waals surface area contributed by atoms with Crippen molar-refractivity contribution in [2.24, 2.45) is 0 Å². The van der Waals surface area contributed by atoms with Crippen LogP contribution >= 0.6 is 23.2 Å². The van der Waals surface area contributed by atoms with E-state index in [0.717, 1.165) is 4.57 Å². The first-order valence-corrected chi connectivity index (χ1v) is 4.56. The molecule has 2 rings (SSSR count). The van der Waals surface area contributed by atoms with Gasteiger partial charge in [0.15, 0.2) is 5.69 Å². The molecule has 0 saturated heterocycles. The van der Waals surface area contributed by atoms with Gasteiger partial charge in [-0.05, 0) is 17.8 Å². The molecule has 0 spiro atoms. The van der Waals surface area contributed by atoms with Crippen molar-refractivity contribution in [1.29, 1.82) is 0 Å². The molecule has 0 atom stereocenters. The van der Waals surface area contributed by atoms with E-state index >= 15 is 0 Å². The van der Waals surface area contributed by atoms with Crippen LogP contribution in [0.25, 0.3) is 5.69 Å². The maximum atomic E-state index is 11.1. The van der Waals surface area contributed by atoms with E-state index < -0.39 is 11.4 Å². The Labute approximate surface area is 121 Å². The number of aromatic nitrogens is 2. The van der Waals surface area contributed by atoms with Crippen LogP contribution in [0, 0.1) is 0 Å². The summed E-state index contributed by atoms with van der Waals surface area (Å²) in [5.41, 5.74) is -0.529. The minimum absolute atomic E-state index is 0. The van der Waals surface area contributed by atoms with E-state index in [-0.39, 0.29) is 40.3 Å². The maximum Gasteiger partial charge on any atom is 1.00 e. The minimum Gasteiger partial charge on any atom is -0.419 e. The first kappa shape index (κ1) is 13.6. The molecule has 0 fully saturated rings. The number of hydrogen-bond acceptors (Lipinski definition) is 3. The van der Waals surface area contributed by atoms with Crippen LogP contribution in [-0.4, -0.2) is 4.57 Å². The number of halogens is 2. The van der Waals surface area contributed by atoms with Crippen LogP contribution in [0.15, 0.2) is 32.3 Å². The zero-order valence-corrected chi connectivity index (χ0v) is 11.6. The molecule has 8 heteroatoms. The second-order valence-corrected chi connectivity index (χ2v) is 3.48. The maximum absolute atomic E-state index is 11.1. The molecule has 0 N–H and O–H groups in total. The van der Waals surface area contributed by atoms with Crippen molar-refractivity contribution < 1.29 is 34.1 Å². The third-order valence-corrected chi connectivity index (χ3v) is 2.48. The zero-order valence-electron chi connectivity index (χ0n) is 8.11. The van der Waals surface area contributed by atoms with Crippen molar-refractivity contribution in [2.75, 3.05) is 0 Å². The van der Waals surface area contributed by atoms with E-state index in [1.165, 1.54) is 18.2 Å². The van der Waals surface area contributed by atoms with Gasteiger partial charge >= 0.3 is 35.3 Å². The number of rotatable bonds is 1. The molecule has 1 heterocycles. The molecule has 2 aromatic rings. The van der Waals surface area contributed by atoms with Crippen molar-refractivity contribution in [3.05, 3.63) is 49.3 Å². The Morgan fingerprint density at radius 2 is 1.88 bits per heavy atom. The Hall–Kier alpha value is -0.460. The largest absolute Gasteiger partial charge is 1.00 e. The van der Waals surface area contributed by atoms with Gasteiger partial charge in [-0.25, -0.2) is 9.95 Å². The fourth-order valence-corrected chi connectivity index (χ4v) is 1.37. The first-order valence-electron chi connectivity index (χ1n) is 3.81. The van der Waals surface area contributed by atoms with Crippen molar-refractivity contribution in [3.63, 3.8) is 0 Å². The van der Waals surface area contributed by atoms with Gasteiger partial charge in [0.1, 0.15) is 0 Å². The molecule has 0 aliphatic heterocycles. The summed E-state index contributed by atoms with van der Waals surface area (Å²) in [5, 5.41) is 3.56. The molecule has 0 unspecified atom stereocenters. The Kier molecular flexibility index (Phi) is 4.46. The van der Waals surface area contributed by atoms with Gasteiger partial charge in [-0.3, -0.25) is 4.79 Å². The molecule has 0 bridgehead atoms. The van der Waals surface area contributed by atoms with Crippen LogP contribution in [0.4, 0.5) is 0 Å². The topological polar surface area (TPSA) is 66.3 Å². The van der Waals surface area contributed by atoms with Gasteiger partial charge in [0, 0.05) is 0 Å². The third kappa shape index (κ3) is 2.44.